The first-order chi connectivity index (χ1) is 4.16. The van der Waals surface area contributed by atoms with Gasteiger partial charge in [-0.1, -0.05) is 13.8 Å². The Balaban J connectivity index is 3.28. The number of hydrogen-bond donors (Lipinski definition) is 1. The lowest BCUT2D eigenvalue weighted by atomic mass is 10.1. The summed E-state index contributed by atoms with van der Waals surface area (Å²) in [5.74, 6) is 5.80. The lowest BCUT2D eigenvalue weighted by molar-refractivity contribution is 0.602. The molecule has 0 amide bonds. The quantitative estimate of drug-likeness (QED) is 0.351. The molecule has 2 N–H and O–H groups in total. The van der Waals surface area contributed by atoms with Gasteiger partial charge < -0.3 is 5.84 Å². The summed E-state index contributed by atoms with van der Waals surface area (Å²) < 4.78 is 0. The highest BCUT2D eigenvalue weighted by Gasteiger charge is 1.94. The van der Waals surface area contributed by atoms with Crippen LogP contribution < -0.4 is 5.84 Å². The van der Waals surface area contributed by atoms with Crippen LogP contribution in [0.15, 0.2) is 5.10 Å². The molecule has 0 aliphatic carbocycles. The molecule has 0 aromatic heterocycles. The fourth-order valence-electron chi connectivity index (χ4n) is 0.562. The Bertz CT molecular complexity index is 95.1. The molecule has 54 valence electrons. The minimum absolute atomic E-state index is 0.752. The molecular weight excluding hydrogens is 112 g/mol. The molecule has 2 heteroatoms. The van der Waals surface area contributed by atoms with Gasteiger partial charge in [0.05, 0.1) is 0 Å². The Kier molecular flexibility index (Phi) is 4.10. The molecule has 0 radical (unpaired) electrons. The van der Waals surface area contributed by atoms with Crippen LogP contribution in [0.2, 0.25) is 0 Å². The highest BCUT2D eigenvalue weighted by molar-refractivity contribution is 5.81. The Morgan fingerprint density at radius 3 is 2.44 bits per heavy atom. The second-order valence-electron chi connectivity index (χ2n) is 2.80. The van der Waals surface area contributed by atoms with Crippen LogP contribution in [0.3, 0.4) is 0 Å². The summed E-state index contributed by atoms with van der Waals surface area (Å²) in [5, 5.41) is 3.58. The number of nitrogens with two attached hydrogens (primary N) is 1. The molecule has 0 aliphatic rings. The summed E-state index contributed by atoms with van der Waals surface area (Å²) in [4.78, 5) is 0. The molecule has 0 aliphatic heterocycles. The minimum atomic E-state index is 0.752. The Morgan fingerprint density at radius 1 is 1.56 bits per heavy atom. The minimum Gasteiger partial charge on any atom is -0.323 e. The van der Waals surface area contributed by atoms with Crippen molar-refractivity contribution in [3.8, 4) is 0 Å². The molecule has 0 aromatic carbocycles. The summed E-state index contributed by atoms with van der Waals surface area (Å²) in [6, 6.07) is 0. The average molecular weight is 128 g/mol. The summed E-state index contributed by atoms with van der Waals surface area (Å²) in [6.45, 7) is 6.36. The van der Waals surface area contributed by atoms with Crippen molar-refractivity contribution in [1.29, 1.82) is 0 Å². The average Bonchev–Trinajstić information content (AvgIpc) is 1.83. The molecule has 0 unspecified atom stereocenters. The zero-order chi connectivity index (χ0) is 7.28. The third kappa shape index (κ3) is 5.34. The zero-order valence-corrected chi connectivity index (χ0v) is 6.52. The topological polar surface area (TPSA) is 38.4 Å². The van der Waals surface area contributed by atoms with Crippen LogP contribution in [-0.2, 0) is 0 Å². The summed E-state index contributed by atoms with van der Waals surface area (Å²) in [5.41, 5.74) is 1.05. The first kappa shape index (κ1) is 8.47. The number of rotatable bonds is 3. The molecule has 0 saturated carbocycles. The van der Waals surface area contributed by atoms with Gasteiger partial charge in [-0.3, -0.25) is 0 Å². The number of hydrazone groups is 1. The van der Waals surface area contributed by atoms with Gasteiger partial charge >= 0.3 is 0 Å². The van der Waals surface area contributed by atoms with E-state index in [1.54, 1.807) is 0 Å². The van der Waals surface area contributed by atoms with E-state index in [9.17, 15) is 0 Å². The smallest absolute Gasteiger partial charge is 0.0345 e. The van der Waals surface area contributed by atoms with Gasteiger partial charge in [-0.25, -0.2) is 0 Å². The third-order valence-electron chi connectivity index (χ3n) is 1.30. The van der Waals surface area contributed by atoms with E-state index in [0.717, 1.165) is 18.1 Å². The maximum absolute atomic E-state index is 5.05. The highest BCUT2D eigenvalue weighted by Crippen LogP contribution is 2.03. The van der Waals surface area contributed by atoms with Crippen LogP contribution in [0.5, 0.6) is 0 Å². The maximum atomic E-state index is 5.05. The van der Waals surface area contributed by atoms with Gasteiger partial charge in [0.2, 0.25) is 0 Å². The van der Waals surface area contributed by atoms with Crippen LogP contribution >= 0.6 is 0 Å². The molecule has 0 saturated heterocycles. The Hall–Kier alpha value is -0.530. The standard InChI is InChI=1S/C7H16N2/c1-6(2)4-5-7(3)9-8/h6H,4-5,8H2,1-3H3/b9-7+. The molecule has 0 heterocycles. The molecule has 0 fully saturated rings. The Morgan fingerprint density at radius 2 is 2.11 bits per heavy atom. The van der Waals surface area contributed by atoms with E-state index in [0.29, 0.717) is 0 Å². The normalized spacial score (nSPS) is 12.7. The Labute approximate surface area is 57.1 Å². The lowest BCUT2D eigenvalue weighted by Crippen LogP contribution is -1.98. The van der Waals surface area contributed by atoms with Crippen molar-refractivity contribution < 1.29 is 0 Å². The number of hydrogen-bond acceptors (Lipinski definition) is 2. The molecule has 0 spiro atoms. The molecule has 2 nitrogen and oxygen atoms in total. The van der Waals surface area contributed by atoms with E-state index in [1.807, 2.05) is 6.92 Å². The largest absolute Gasteiger partial charge is 0.323 e. The van der Waals surface area contributed by atoms with Crippen molar-refractivity contribution >= 4 is 5.71 Å². The van der Waals surface area contributed by atoms with Crippen molar-refractivity contribution in [3.05, 3.63) is 0 Å². The van der Waals surface area contributed by atoms with E-state index in [4.69, 9.17) is 5.84 Å². The van der Waals surface area contributed by atoms with Gasteiger partial charge in [-0.2, -0.15) is 5.10 Å². The van der Waals surface area contributed by atoms with Crippen molar-refractivity contribution in [2.45, 2.75) is 33.6 Å². The first-order valence-corrected chi connectivity index (χ1v) is 3.40. The van der Waals surface area contributed by atoms with E-state index in [1.165, 1.54) is 6.42 Å². The van der Waals surface area contributed by atoms with Gasteiger partial charge in [0, 0.05) is 5.71 Å². The predicted molar refractivity (Wildman–Crippen MR) is 41.4 cm³/mol. The van der Waals surface area contributed by atoms with Crippen LogP contribution in [0.4, 0.5) is 0 Å². The van der Waals surface area contributed by atoms with Gasteiger partial charge in [-0.15, -0.1) is 0 Å². The molecule has 0 rings (SSSR count). The van der Waals surface area contributed by atoms with E-state index < -0.39 is 0 Å². The molecular formula is C7H16N2. The van der Waals surface area contributed by atoms with E-state index >= 15 is 0 Å². The van der Waals surface area contributed by atoms with Crippen LogP contribution in [0.1, 0.15) is 33.6 Å². The van der Waals surface area contributed by atoms with Crippen LogP contribution in [0, 0.1) is 5.92 Å². The van der Waals surface area contributed by atoms with E-state index in [2.05, 4.69) is 18.9 Å². The second kappa shape index (κ2) is 4.36. The molecule has 0 aromatic rings. The molecule has 9 heavy (non-hydrogen) atoms. The summed E-state index contributed by atoms with van der Waals surface area (Å²) in [7, 11) is 0. The summed E-state index contributed by atoms with van der Waals surface area (Å²) >= 11 is 0. The third-order valence-corrected chi connectivity index (χ3v) is 1.30. The number of nitrogens with zero attached hydrogens (tertiary/aromatic N) is 1. The monoisotopic (exact) mass is 128 g/mol. The lowest BCUT2D eigenvalue weighted by Gasteiger charge is -2.01. The van der Waals surface area contributed by atoms with Crippen LogP contribution in [-0.4, -0.2) is 5.71 Å². The zero-order valence-electron chi connectivity index (χ0n) is 6.52. The second-order valence-corrected chi connectivity index (χ2v) is 2.80. The molecule has 0 bridgehead atoms. The summed E-state index contributed by atoms with van der Waals surface area (Å²) in [6.07, 6.45) is 2.22. The fraction of sp³-hybridized carbons (Fsp3) is 0.857. The van der Waals surface area contributed by atoms with Gasteiger partial charge in [-0.05, 0) is 25.7 Å². The highest BCUT2D eigenvalue weighted by atomic mass is 15.1. The predicted octanol–water partition coefficient (Wildman–Crippen LogP) is 1.76. The van der Waals surface area contributed by atoms with Crippen LogP contribution in [0.25, 0.3) is 0 Å². The molecule has 0 atom stereocenters. The van der Waals surface area contributed by atoms with Gasteiger partial charge in [0.25, 0.3) is 0 Å². The van der Waals surface area contributed by atoms with E-state index in [-0.39, 0.29) is 0 Å². The maximum Gasteiger partial charge on any atom is 0.0345 e. The van der Waals surface area contributed by atoms with Crippen molar-refractivity contribution in [3.63, 3.8) is 0 Å². The fourth-order valence-corrected chi connectivity index (χ4v) is 0.562. The van der Waals surface area contributed by atoms with Gasteiger partial charge in [0.15, 0.2) is 0 Å². The SMILES string of the molecule is C/C(CCC(C)C)=N\N. The van der Waals surface area contributed by atoms with Gasteiger partial charge in [0.1, 0.15) is 0 Å². The van der Waals surface area contributed by atoms with Crippen molar-refractivity contribution in [2.75, 3.05) is 0 Å². The first-order valence-electron chi connectivity index (χ1n) is 3.40. The van der Waals surface area contributed by atoms with Crippen molar-refractivity contribution in [1.82, 2.24) is 0 Å². The van der Waals surface area contributed by atoms with Crippen molar-refractivity contribution in [2.24, 2.45) is 16.9 Å².